The third-order valence-corrected chi connectivity index (χ3v) is 1.66. The van der Waals surface area contributed by atoms with Gasteiger partial charge in [-0.25, -0.2) is 4.98 Å². The fraction of sp³-hybridized carbons (Fsp3) is 0.444. The molecule has 0 aliphatic heterocycles. The summed E-state index contributed by atoms with van der Waals surface area (Å²) in [6.07, 6.45) is 0.0470. The number of carboxylic acid groups (broad SMARTS) is 1. The molecule has 1 aromatic rings. The molecule has 1 aromatic heterocycles. The smallest absolute Gasteiger partial charge is 0.318 e. The second-order valence-corrected chi connectivity index (χ2v) is 2.95. The van der Waals surface area contributed by atoms with Gasteiger partial charge in [-0.3, -0.25) is 4.79 Å². The number of nitrogens with one attached hydrogen (secondary N) is 1. The highest BCUT2D eigenvalue weighted by molar-refractivity contribution is 5.67. The Labute approximate surface area is 87.3 Å². The third-order valence-electron chi connectivity index (χ3n) is 1.66. The number of aromatic nitrogens is 2. The number of aliphatic carboxylic acids is 1. The van der Waals surface area contributed by atoms with Gasteiger partial charge in [0.1, 0.15) is 5.82 Å². The quantitative estimate of drug-likeness (QED) is 0.745. The van der Waals surface area contributed by atoms with E-state index in [1.807, 2.05) is 6.92 Å². The van der Waals surface area contributed by atoms with Crippen molar-refractivity contribution in [3.05, 3.63) is 11.8 Å². The molecule has 6 heteroatoms. The topological polar surface area (TPSA) is 84.3 Å². The fourth-order valence-electron chi connectivity index (χ4n) is 1.02. The normalized spacial score (nSPS) is 9.73. The molecule has 0 amide bonds. The zero-order chi connectivity index (χ0) is 11.3. The van der Waals surface area contributed by atoms with E-state index in [0.717, 1.165) is 5.69 Å². The Kier molecular flexibility index (Phi) is 3.84. The van der Waals surface area contributed by atoms with Crippen LogP contribution in [0.2, 0.25) is 0 Å². The van der Waals surface area contributed by atoms with Crippen LogP contribution in [-0.2, 0) is 4.79 Å². The van der Waals surface area contributed by atoms with Gasteiger partial charge < -0.3 is 15.2 Å². The molecule has 82 valence electrons. The van der Waals surface area contributed by atoms with Crippen LogP contribution in [0.25, 0.3) is 0 Å². The average Bonchev–Trinajstić information content (AvgIpc) is 2.16. The van der Waals surface area contributed by atoms with Crippen LogP contribution >= 0.6 is 0 Å². The first kappa shape index (κ1) is 11.2. The largest absolute Gasteiger partial charge is 0.481 e. The van der Waals surface area contributed by atoms with Crippen molar-refractivity contribution in [3.8, 4) is 6.01 Å². The van der Waals surface area contributed by atoms with Gasteiger partial charge in [-0.15, -0.1) is 0 Å². The van der Waals surface area contributed by atoms with E-state index < -0.39 is 5.97 Å². The summed E-state index contributed by atoms with van der Waals surface area (Å²) in [6, 6.07) is 2.00. The Morgan fingerprint density at radius 3 is 2.93 bits per heavy atom. The first-order chi connectivity index (χ1) is 7.11. The summed E-state index contributed by atoms with van der Waals surface area (Å²) in [5.41, 5.74) is 0.764. The third kappa shape index (κ3) is 3.80. The first-order valence-corrected chi connectivity index (χ1v) is 4.47. The number of ether oxygens (including phenoxy) is 1. The molecule has 0 atom stereocenters. The molecule has 0 aromatic carbocycles. The highest BCUT2D eigenvalue weighted by atomic mass is 16.5. The van der Waals surface area contributed by atoms with Gasteiger partial charge in [0.15, 0.2) is 0 Å². The van der Waals surface area contributed by atoms with Crippen LogP contribution in [0.4, 0.5) is 5.82 Å². The van der Waals surface area contributed by atoms with Gasteiger partial charge in [-0.1, -0.05) is 0 Å². The van der Waals surface area contributed by atoms with E-state index in [0.29, 0.717) is 12.4 Å². The Bertz CT molecular complexity index is 354. The van der Waals surface area contributed by atoms with E-state index >= 15 is 0 Å². The number of rotatable bonds is 5. The Morgan fingerprint density at radius 2 is 2.33 bits per heavy atom. The summed E-state index contributed by atoms with van der Waals surface area (Å²) >= 11 is 0. The summed E-state index contributed by atoms with van der Waals surface area (Å²) in [5, 5.41) is 11.3. The number of hydrogen-bond acceptors (Lipinski definition) is 5. The molecule has 0 fully saturated rings. The van der Waals surface area contributed by atoms with Crippen molar-refractivity contribution in [1.82, 2.24) is 9.97 Å². The maximum atomic E-state index is 10.3. The molecule has 0 aliphatic carbocycles. The van der Waals surface area contributed by atoms with Crippen LogP contribution in [-0.4, -0.2) is 34.7 Å². The second kappa shape index (κ2) is 5.14. The van der Waals surface area contributed by atoms with Crippen molar-refractivity contribution in [3.63, 3.8) is 0 Å². The van der Waals surface area contributed by atoms with E-state index in [1.165, 1.54) is 7.11 Å². The van der Waals surface area contributed by atoms with Crippen molar-refractivity contribution >= 4 is 11.8 Å². The summed E-state index contributed by atoms with van der Waals surface area (Å²) in [7, 11) is 1.48. The van der Waals surface area contributed by atoms with Crippen molar-refractivity contribution in [1.29, 1.82) is 0 Å². The number of carboxylic acids is 1. The van der Waals surface area contributed by atoms with Crippen molar-refractivity contribution in [2.75, 3.05) is 19.0 Å². The van der Waals surface area contributed by atoms with Gasteiger partial charge in [0, 0.05) is 18.3 Å². The Morgan fingerprint density at radius 1 is 1.60 bits per heavy atom. The molecule has 15 heavy (non-hydrogen) atoms. The van der Waals surface area contributed by atoms with E-state index in [9.17, 15) is 4.79 Å². The number of nitrogens with zero attached hydrogens (tertiary/aromatic N) is 2. The van der Waals surface area contributed by atoms with E-state index in [4.69, 9.17) is 9.84 Å². The Balaban J connectivity index is 2.60. The molecule has 6 nitrogen and oxygen atoms in total. The lowest BCUT2D eigenvalue weighted by Gasteiger charge is -2.06. The summed E-state index contributed by atoms with van der Waals surface area (Å²) < 4.78 is 4.88. The minimum absolute atomic E-state index is 0.0470. The fourth-order valence-corrected chi connectivity index (χ4v) is 1.02. The molecule has 2 N–H and O–H groups in total. The van der Waals surface area contributed by atoms with Crippen LogP contribution in [0.15, 0.2) is 6.07 Å². The summed E-state index contributed by atoms with van der Waals surface area (Å²) in [6.45, 7) is 2.14. The zero-order valence-corrected chi connectivity index (χ0v) is 8.65. The van der Waals surface area contributed by atoms with Gasteiger partial charge in [-0.05, 0) is 6.92 Å². The molecule has 0 spiro atoms. The molecule has 0 bridgehead atoms. The minimum atomic E-state index is -0.847. The van der Waals surface area contributed by atoms with Crippen molar-refractivity contribution in [2.24, 2.45) is 0 Å². The maximum absolute atomic E-state index is 10.3. The number of carbonyl (C=O) groups is 1. The predicted molar refractivity (Wildman–Crippen MR) is 54.1 cm³/mol. The van der Waals surface area contributed by atoms with E-state index in [-0.39, 0.29) is 12.4 Å². The second-order valence-electron chi connectivity index (χ2n) is 2.95. The Hall–Kier alpha value is -1.85. The first-order valence-electron chi connectivity index (χ1n) is 4.47. The molecule has 0 saturated carbocycles. The minimum Gasteiger partial charge on any atom is -0.481 e. The number of anilines is 1. The lowest BCUT2D eigenvalue weighted by molar-refractivity contribution is -0.136. The SMILES string of the molecule is COc1nc(C)cc(NCCC(=O)O)n1. The van der Waals surface area contributed by atoms with E-state index in [2.05, 4.69) is 15.3 Å². The zero-order valence-electron chi connectivity index (χ0n) is 8.65. The molecule has 1 rings (SSSR count). The van der Waals surface area contributed by atoms with Gasteiger partial charge in [-0.2, -0.15) is 4.98 Å². The number of aryl methyl sites for hydroxylation is 1. The highest BCUT2D eigenvalue weighted by Gasteiger charge is 2.02. The molecule has 0 aliphatic rings. The molecule has 0 radical (unpaired) electrons. The predicted octanol–water partition coefficient (Wildman–Crippen LogP) is 0.680. The van der Waals surface area contributed by atoms with Gasteiger partial charge in [0.2, 0.25) is 0 Å². The molecule has 1 heterocycles. The van der Waals surface area contributed by atoms with Crippen LogP contribution < -0.4 is 10.1 Å². The number of hydrogen-bond donors (Lipinski definition) is 2. The summed E-state index contributed by atoms with van der Waals surface area (Å²) in [5.74, 6) is -0.277. The molecular formula is C9H13N3O3. The molecular weight excluding hydrogens is 198 g/mol. The lowest BCUT2D eigenvalue weighted by Crippen LogP contribution is -2.09. The van der Waals surface area contributed by atoms with Crippen LogP contribution in [0.1, 0.15) is 12.1 Å². The lowest BCUT2D eigenvalue weighted by atomic mass is 10.4. The summed E-state index contributed by atoms with van der Waals surface area (Å²) in [4.78, 5) is 18.3. The number of methoxy groups -OCH3 is 1. The van der Waals surface area contributed by atoms with Crippen molar-refractivity contribution in [2.45, 2.75) is 13.3 Å². The van der Waals surface area contributed by atoms with Crippen LogP contribution in [0.3, 0.4) is 0 Å². The van der Waals surface area contributed by atoms with Crippen molar-refractivity contribution < 1.29 is 14.6 Å². The van der Waals surface area contributed by atoms with E-state index in [1.54, 1.807) is 6.07 Å². The molecule has 0 saturated heterocycles. The standard InChI is InChI=1S/C9H13N3O3/c1-6-5-7(10-4-3-8(13)14)12-9(11-6)15-2/h5H,3-4H2,1-2H3,(H,13,14)(H,10,11,12). The van der Waals surface area contributed by atoms with Gasteiger partial charge in [0.05, 0.1) is 13.5 Å². The monoisotopic (exact) mass is 211 g/mol. The molecule has 0 unspecified atom stereocenters. The highest BCUT2D eigenvalue weighted by Crippen LogP contribution is 2.10. The average molecular weight is 211 g/mol. The maximum Gasteiger partial charge on any atom is 0.318 e. The van der Waals surface area contributed by atoms with Crippen LogP contribution in [0.5, 0.6) is 6.01 Å². The van der Waals surface area contributed by atoms with Gasteiger partial charge >= 0.3 is 12.0 Å². The van der Waals surface area contributed by atoms with Gasteiger partial charge in [0.25, 0.3) is 0 Å². The van der Waals surface area contributed by atoms with Crippen LogP contribution in [0, 0.1) is 6.92 Å².